The average molecular weight is 443 g/mol. The van der Waals surface area contributed by atoms with E-state index >= 15 is 0 Å². The molecular formula is C22H39N2O5P. The van der Waals surface area contributed by atoms with Crippen LogP contribution in [0.1, 0.15) is 53.5 Å². The molecule has 30 heavy (non-hydrogen) atoms. The van der Waals surface area contributed by atoms with Crippen LogP contribution in [-0.2, 0) is 11.0 Å². The van der Waals surface area contributed by atoms with Crippen LogP contribution in [0.15, 0.2) is 48.5 Å². The van der Waals surface area contributed by atoms with Crippen molar-refractivity contribution in [2.24, 2.45) is 0 Å². The Labute approximate surface area is 184 Å². The van der Waals surface area contributed by atoms with E-state index in [0.29, 0.717) is 18.9 Å². The fourth-order valence-corrected chi connectivity index (χ4v) is 2.02. The van der Waals surface area contributed by atoms with E-state index in [9.17, 15) is 4.79 Å². The van der Waals surface area contributed by atoms with Crippen LogP contribution in [0, 0.1) is 0 Å². The van der Waals surface area contributed by atoms with Gasteiger partial charge in [-0.1, -0.05) is 51.0 Å². The third-order valence-electron chi connectivity index (χ3n) is 3.62. The second kappa shape index (κ2) is 21.2. The zero-order chi connectivity index (χ0) is 23.2. The lowest BCUT2D eigenvalue weighted by Gasteiger charge is -2.04. The fourth-order valence-electron chi connectivity index (χ4n) is 2.02. The monoisotopic (exact) mass is 442 g/mol. The van der Waals surface area contributed by atoms with Gasteiger partial charge < -0.3 is 21.1 Å². The Kier molecular flexibility index (Phi) is 21.1. The van der Waals surface area contributed by atoms with E-state index in [0.717, 1.165) is 43.4 Å². The summed E-state index contributed by atoms with van der Waals surface area (Å²) in [4.78, 5) is 10.5. The third-order valence-corrected chi connectivity index (χ3v) is 3.62. The topological polar surface area (TPSA) is 133 Å². The number of hydrogen-bond donors (Lipinski definition) is 5. The Bertz CT molecular complexity index is 652. The van der Waals surface area contributed by atoms with Crippen LogP contribution in [0.2, 0.25) is 0 Å². The molecule has 0 saturated carbocycles. The van der Waals surface area contributed by atoms with Gasteiger partial charge >= 0.3 is 6.09 Å². The number of nitrogens with one attached hydrogen (secondary N) is 1. The highest BCUT2D eigenvalue weighted by Crippen LogP contribution is 2.14. The number of nitrogens with two attached hydrogens (primary N) is 1. The summed E-state index contributed by atoms with van der Waals surface area (Å²) in [7, 11) is 1.72. The maximum Gasteiger partial charge on any atom is 0.409 e. The SMILES string of the molecule is CCCCO.CCCCO.Nc1ccc(Cc2ccc(NC(=O)O)cc2)cc1.O=P.[HH].[HH]. The van der Waals surface area contributed by atoms with Crippen molar-refractivity contribution in [1.29, 1.82) is 0 Å². The van der Waals surface area contributed by atoms with Crippen LogP contribution in [-0.4, -0.2) is 34.6 Å². The Morgan fingerprint density at radius 2 is 1.30 bits per heavy atom. The second-order valence-electron chi connectivity index (χ2n) is 6.20. The van der Waals surface area contributed by atoms with Crippen LogP contribution in [0.25, 0.3) is 0 Å². The van der Waals surface area contributed by atoms with Gasteiger partial charge in [0.05, 0.1) is 0 Å². The van der Waals surface area contributed by atoms with Crippen molar-refractivity contribution in [1.82, 2.24) is 0 Å². The first-order chi connectivity index (χ1) is 14.5. The number of benzene rings is 2. The summed E-state index contributed by atoms with van der Waals surface area (Å²) >= 11 is 0. The van der Waals surface area contributed by atoms with Crippen LogP contribution in [0.3, 0.4) is 0 Å². The van der Waals surface area contributed by atoms with Crippen molar-refractivity contribution < 1.29 is 27.5 Å². The number of aliphatic hydroxyl groups excluding tert-OH is 2. The summed E-state index contributed by atoms with van der Waals surface area (Å²) in [6.45, 7) is 4.79. The zero-order valence-electron chi connectivity index (χ0n) is 17.8. The lowest BCUT2D eigenvalue weighted by atomic mass is 10.0. The first-order valence-electron chi connectivity index (χ1n) is 9.82. The molecule has 0 spiro atoms. The third kappa shape index (κ3) is 17.6. The van der Waals surface area contributed by atoms with E-state index in [1.54, 1.807) is 21.3 Å². The molecule has 0 aromatic heterocycles. The van der Waals surface area contributed by atoms with Gasteiger partial charge in [-0.25, -0.2) is 4.79 Å². The van der Waals surface area contributed by atoms with Gasteiger partial charge in [-0.15, -0.1) is 0 Å². The normalized spacial score (nSPS) is 8.93. The highest BCUT2D eigenvalue weighted by atomic mass is 31.0. The molecule has 8 heteroatoms. The number of aliphatic hydroxyl groups is 2. The molecule has 0 aliphatic carbocycles. The van der Waals surface area contributed by atoms with Gasteiger partial charge in [-0.2, -0.15) is 0 Å². The van der Waals surface area contributed by atoms with E-state index in [2.05, 4.69) is 19.2 Å². The second-order valence-corrected chi connectivity index (χ2v) is 6.20. The lowest BCUT2D eigenvalue weighted by molar-refractivity contribution is 0.209. The molecule has 2 aromatic carbocycles. The molecule has 2 rings (SSSR count). The highest BCUT2D eigenvalue weighted by Gasteiger charge is 1.99. The van der Waals surface area contributed by atoms with E-state index in [1.165, 1.54) is 5.56 Å². The number of carbonyl (C=O) groups is 1. The van der Waals surface area contributed by atoms with Gasteiger partial charge in [0.1, 0.15) is 9.12 Å². The zero-order valence-corrected chi connectivity index (χ0v) is 18.8. The summed E-state index contributed by atoms with van der Waals surface area (Å²) in [5.41, 5.74) is 9.24. The summed E-state index contributed by atoms with van der Waals surface area (Å²) in [6, 6.07) is 15.0. The molecule has 1 amide bonds. The molecular weight excluding hydrogens is 403 g/mol. The van der Waals surface area contributed by atoms with Crippen molar-refractivity contribution in [3.63, 3.8) is 0 Å². The molecule has 0 aliphatic heterocycles. The molecule has 0 aliphatic rings. The number of hydrogen-bond acceptors (Lipinski definition) is 5. The molecule has 0 bridgehead atoms. The summed E-state index contributed by atoms with van der Waals surface area (Å²) in [5, 5.41) is 27.0. The molecule has 0 radical (unpaired) electrons. The maximum atomic E-state index is 10.5. The van der Waals surface area contributed by atoms with Gasteiger partial charge in [0.25, 0.3) is 0 Å². The van der Waals surface area contributed by atoms with Crippen LogP contribution < -0.4 is 11.1 Å². The van der Waals surface area contributed by atoms with Crippen molar-refractivity contribution in [3.8, 4) is 0 Å². The quantitative estimate of drug-likeness (QED) is 0.285. The van der Waals surface area contributed by atoms with E-state index < -0.39 is 6.09 Å². The molecule has 0 atom stereocenters. The van der Waals surface area contributed by atoms with Crippen molar-refractivity contribution in [2.75, 3.05) is 24.3 Å². The Balaban J connectivity index is -0.000000236. The average Bonchev–Trinajstić information content (AvgIpc) is 2.74. The van der Waals surface area contributed by atoms with Gasteiger partial charge in [0.15, 0.2) is 0 Å². The molecule has 0 fully saturated rings. The molecule has 7 nitrogen and oxygen atoms in total. The summed E-state index contributed by atoms with van der Waals surface area (Å²) < 4.78 is 8.06. The maximum absolute atomic E-state index is 10.5. The number of nitrogen functional groups attached to an aromatic ring is 1. The van der Waals surface area contributed by atoms with Crippen molar-refractivity contribution in [3.05, 3.63) is 59.7 Å². The minimum Gasteiger partial charge on any atom is -0.465 e. The fraction of sp³-hybridized carbons (Fsp3) is 0.409. The smallest absolute Gasteiger partial charge is 0.409 e. The lowest BCUT2D eigenvalue weighted by Crippen LogP contribution is -2.06. The minimum absolute atomic E-state index is 0. The van der Waals surface area contributed by atoms with E-state index in [4.69, 9.17) is 25.6 Å². The number of amides is 1. The van der Waals surface area contributed by atoms with E-state index in [-0.39, 0.29) is 2.85 Å². The highest BCUT2D eigenvalue weighted by molar-refractivity contribution is 7.00. The molecule has 2 aromatic rings. The first-order valence-corrected chi connectivity index (χ1v) is 10.2. The Hall–Kier alpha value is -2.47. The van der Waals surface area contributed by atoms with E-state index in [1.807, 2.05) is 36.4 Å². The van der Waals surface area contributed by atoms with Crippen LogP contribution in [0.4, 0.5) is 16.2 Å². The number of carboxylic acid groups (broad SMARTS) is 1. The molecule has 0 heterocycles. The van der Waals surface area contributed by atoms with Crippen LogP contribution in [0.5, 0.6) is 0 Å². The Morgan fingerprint density at radius 3 is 1.60 bits per heavy atom. The minimum atomic E-state index is -1.05. The molecule has 172 valence electrons. The summed E-state index contributed by atoms with van der Waals surface area (Å²) in [6.07, 6.45) is 3.82. The predicted molar refractivity (Wildman–Crippen MR) is 129 cm³/mol. The molecule has 0 saturated heterocycles. The standard InChI is InChI=1S/C14H14N2O2.2C4H10O.HOP.2H2/c15-12-5-1-10(2-6-12)9-11-3-7-13(8-4-11)16-14(17)18;2*1-2-3-4-5;1-2;;/h1-8,16H,9,15H2,(H,17,18);2*5H,2-4H2,1H3;2H;2*1H. The summed E-state index contributed by atoms with van der Waals surface area (Å²) in [5.74, 6) is 0. The van der Waals surface area contributed by atoms with Gasteiger partial charge in [0, 0.05) is 27.4 Å². The van der Waals surface area contributed by atoms with Gasteiger partial charge in [-0.05, 0) is 54.7 Å². The van der Waals surface area contributed by atoms with Gasteiger partial charge in [-0.3, -0.25) is 9.88 Å². The number of anilines is 2. The number of unbranched alkanes of at least 4 members (excludes halogenated alkanes) is 2. The largest absolute Gasteiger partial charge is 0.465 e. The van der Waals surface area contributed by atoms with Crippen molar-refractivity contribution >= 4 is 26.6 Å². The Morgan fingerprint density at radius 1 is 0.900 bits per heavy atom. The van der Waals surface area contributed by atoms with Crippen LogP contribution >= 0.6 is 9.12 Å². The first kappa shape index (κ1) is 29.7. The molecule has 6 N–H and O–H groups in total. The van der Waals surface area contributed by atoms with Gasteiger partial charge in [0.2, 0.25) is 0 Å². The predicted octanol–water partition coefficient (Wildman–Crippen LogP) is 5.47. The molecule has 0 unspecified atom stereocenters. The number of rotatable bonds is 7. The van der Waals surface area contributed by atoms with Crippen molar-refractivity contribution in [2.45, 2.75) is 46.0 Å².